The second kappa shape index (κ2) is 11.7. The van der Waals surface area contributed by atoms with Gasteiger partial charge in [0.15, 0.2) is 0 Å². The van der Waals surface area contributed by atoms with E-state index in [4.69, 9.17) is 21.1 Å². The lowest BCUT2D eigenvalue weighted by molar-refractivity contribution is 0.0456. The van der Waals surface area contributed by atoms with Crippen molar-refractivity contribution >= 4 is 17.6 Å². The number of phenolic OH excluding ortho intramolecular Hbond substituents is 1. The van der Waals surface area contributed by atoms with Gasteiger partial charge in [0, 0.05) is 11.4 Å². The first kappa shape index (κ1) is 23.8. The Morgan fingerprint density at radius 1 is 1.00 bits per heavy atom. The summed E-state index contributed by atoms with van der Waals surface area (Å²) >= 11 is 6.15. The lowest BCUT2D eigenvalue weighted by atomic mass is 9.88. The van der Waals surface area contributed by atoms with Crippen molar-refractivity contribution in [2.45, 2.75) is 33.5 Å². The summed E-state index contributed by atoms with van der Waals surface area (Å²) in [6.45, 7) is 4.95. The summed E-state index contributed by atoms with van der Waals surface area (Å²) in [7, 11) is 0. The number of hydrogen-bond acceptors (Lipinski definition) is 4. The Kier molecular flexibility index (Phi) is 8.72. The molecule has 4 nitrogen and oxygen atoms in total. The van der Waals surface area contributed by atoms with Gasteiger partial charge in [-0.3, -0.25) is 0 Å². The Hall–Kier alpha value is -2.82. The Labute approximate surface area is 194 Å². The third-order valence-corrected chi connectivity index (χ3v) is 5.22. The molecule has 0 saturated heterocycles. The number of alkyl halides is 1. The average Bonchev–Trinajstić information content (AvgIpc) is 2.80. The molecular weight excluding hydrogens is 424 g/mol. The van der Waals surface area contributed by atoms with Crippen molar-refractivity contribution in [2.75, 3.05) is 12.5 Å². The molecule has 0 spiro atoms. The lowest BCUT2D eigenvalue weighted by Gasteiger charge is -2.20. The quantitative estimate of drug-likeness (QED) is 0.287. The van der Waals surface area contributed by atoms with Gasteiger partial charge in [0.25, 0.3) is 0 Å². The van der Waals surface area contributed by atoms with Gasteiger partial charge in [0.05, 0.1) is 19.8 Å². The van der Waals surface area contributed by atoms with Crippen LogP contribution in [-0.4, -0.2) is 23.6 Å². The fourth-order valence-corrected chi connectivity index (χ4v) is 3.76. The van der Waals surface area contributed by atoms with Crippen molar-refractivity contribution in [1.82, 2.24) is 0 Å². The molecule has 0 amide bonds. The van der Waals surface area contributed by atoms with Crippen molar-refractivity contribution in [3.8, 4) is 16.9 Å². The van der Waals surface area contributed by atoms with Crippen LogP contribution < -0.4 is 0 Å². The monoisotopic (exact) mass is 452 g/mol. The number of halogens is 1. The molecule has 0 bridgehead atoms. The lowest BCUT2D eigenvalue weighted by Crippen LogP contribution is -2.14. The molecule has 0 saturated carbocycles. The molecule has 3 aromatic rings. The average molecular weight is 453 g/mol. The van der Waals surface area contributed by atoms with Gasteiger partial charge >= 0.3 is 5.97 Å². The van der Waals surface area contributed by atoms with E-state index in [1.54, 1.807) is 6.07 Å². The molecule has 3 rings (SSSR count). The second-order valence-electron chi connectivity index (χ2n) is 8.06. The van der Waals surface area contributed by atoms with Gasteiger partial charge in [0.1, 0.15) is 11.3 Å². The summed E-state index contributed by atoms with van der Waals surface area (Å²) in [6.07, 6.45) is 0.528. The fraction of sp³-hybridized carbons (Fsp3) is 0.296. The van der Waals surface area contributed by atoms with Crippen LogP contribution in [0.3, 0.4) is 0 Å². The number of esters is 1. The van der Waals surface area contributed by atoms with Crippen molar-refractivity contribution < 1.29 is 19.4 Å². The van der Waals surface area contributed by atoms with Gasteiger partial charge in [-0.2, -0.15) is 0 Å². The van der Waals surface area contributed by atoms with Crippen LogP contribution in [0.4, 0.5) is 0 Å². The highest BCUT2D eigenvalue weighted by Crippen LogP contribution is 2.37. The summed E-state index contributed by atoms with van der Waals surface area (Å²) in [5.74, 6) is -0.0948. The zero-order chi connectivity index (χ0) is 22.9. The van der Waals surface area contributed by atoms with E-state index in [9.17, 15) is 9.90 Å². The summed E-state index contributed by atoms with van der Waals surface area (Å²) < 4.78 is 11.4. The van der Waals surface area contributed by atoms with Gasteiger partial charge in [-0.1, -0.05) is 74.5 Å². The van der Waals surface area contributed by atoms with Crippen LogP contribution in [0, 0.1) is 5.92 Å². The van der Waals surface area contributed by atoms with Crippen molar-refractivity contribution in [2.24, 2.45) is 5.92 Å². The van der Waals surface area contributed by atoms with E-state index in [2.05, 4.69) is 0 Å². The number of aromatic hydroxyl groups is 1. The van der Waals surface area contributed by atoms with Crippen LogP contribution >= 0.6 is 11.6 Å². The minimum Gasteiger partial charge on any atom is -0.507 e. The Bertz CT molecular complexity index is 1020. The largest absolute Gasteiger partial charge is 0.507 e. The number of benzene rings is 3. The van der Waals surface area contributed by atoms with Crippen LogP contribution in [0.2, 0.25) is 0 Å². The first-order valence-corrected chi connectivity index (χ1v) is 11.3. The van der Waals surface area contributed by atoms with E-state index in [-0.39, 0.29) is 30.4 Å². The predicted molar refractivity (Wildman–Crippen MR) is 128 cm³/mol. The molecule has 0 radical (unpaired) electrons. The zero-order valence-electron chi connectivity index (χ0n) is 18.5. The van der Waals surface area contributed by atoms with E-state index in [1.165, 1.54) is 0 Å². The van der Waals surface area contributed by atoms with Gasteiger partial charge in [0.2, 0.25) is 0 Å². The standard InChI is InChI=1S/C27H29ClO4/c1-19(2)16-32-27(30)26-24(29)15-22(18-31-17-20-9-5-3-6-10-20)23(13-14-28)25(26)21-11-7-4-8-12-21/h3-12,15,19,29H,13-14,16-18H2,1-2H3. The van der Waals surface area contributed by atoms with Crippen LogP contribution in [0.25, 0.3) is 11.1 Å². The Morgan fingerprint density at radius 3 is 2.28 bits per heavy atom. The van der Waals surface area contributed by atoms with E-state index < -0.39 is 5.97 Å². The third-order valence-electron chi connectivity index (χ3n) is 5.03. The molecule has 168 valence electrons. The zero-order valence-corrected chi connectivity index (χ0v) is 19.3. The molecule has 0 aliphatic carbocycles. The van der Waals surface area contributed by atoms with E-state index in [0.717, 1.165) is 22.3 Å². The molecule has 0 aliphatic heterocycles. The van der Waals surface area contributed by atoms with Gasteiger partial charge in [-0.05, 0) is 40.7 Å². The number of rotatable bonds is 10. The number of phenols is 1. The molecule has 0 aliphatic rings. The minimum absolute atomic E-state index is 0.116. The third kappa shape index (κ3) is 6.12. The SMILES string of the molecule is CC(C)COC(=O)c1c(O)cc(COCc2ccccc2)c(CCCl)c1-c1ccccc1. The number of ether oxygens (including phenoxy) is 2. The fourth-order valence-electron chi connectivity index (χ4n) is 3.57. The Balaban J connectivity index is 2.02. The summed E-state index contributed by atoms with van der Waals surface area (Å²) in [5.41, 5.74) is 4.39. The van der Waals surface area contributed by atoms with Gasteiger partial charge in [-0.25, -0.2) is 4.79 Å². The molecule has 0 atom stereocenters. The van der Waals surface area contributed by atoms with Crippen molar-refractivity contribution in [3.05, 3.63) is 89.0 Å². The first-order chi connectivity index (χ1) is 15.5. The maximum absolute atomic E-state index is 13.0. The molecule has 5 heteroatoms. The summed E-state index contributed by atoms with van der Waals surface area (Å²) in [5, 5.41) is 10.9. The van der Waals surface area contributed by atoms with E-state index in [0.29, 0.717) is 24.5 Å². The normalized spacial score (nSPS) is 11.0. The summed E-state index contributed by atoms with van der Waals surface area (Å²) in [6, 6.07) is 21.0. The van der Waals surface area contributed by atoms with Crippen molar-refractivity contribution in [3.63, 3.8) is 0 Å². The molecule has 0 aromatic heterocycles. The molecule has 1 N–H and O–H groups in total. The molecule has 0 fully saturated rings. The number of carbonyl (C=O) groups is 1. The number of hydrogen-bond donors (Lipinski definition) is 1. The van der Waals surface area contributed by atoms with E-state index in [1.807, 2.05) is 74.5 Å². The maximum Gasteiger partial charge on any atom is 0.342 e. The topological polar surface area (TPSA) is 55.8 Å². The van der Waals surface area contributed by atoms with Gasteiger partial charge in [-0.15, -0.1) is 11.6 Å². The summed E-state index contributed by atoms with van der Waals surface area (Å²) in [4.78, 5) is 13.0. The molecule has 32 heavy (non-hydrogen) atoms. The highest BCUT2D eigenvalue weighted by Gasteiger charge is 2.25. The van der Waals surface area contributed by atoms with Crippen LogP contribution in [0.15, 0.2) is 66.7 Å². The van der Waals surface area contributed by atoms with Crippen LogP contribution in [0.1, 0.15) is 40.9 Å². The first-order valence-electron chi connectivity index (χ1n) is 10.8. The van der Waals surface area contributed by atoms with E-state index >= 15 is 0 Å². The van der Waals surface area contributed by atoms with Crippen LogP contribution in [-0.2, 0) is 29.1 Å². The molecule has 0 unspecified atom stereocenters. The predicted octanol–water partition coefficient (Wildman–Crippen LogP) is 6.37. The van der Waals surface area contributed by atoms with Crippen LogP contribution in [0.5, 0.6) is 5.75 Å². The highest BCUT2D eigenvalue weighted by atomic mass is 35.5. The molecule has 0 heterocycles. The smallest absolute Gasteiger partial charge is 0.342 e. The minimum atomic E-state index is -0.539. The molecular formula is C27H29ClO4. The number of carbonyl (C=O) groups excluding carboxylic acids is 1. The van der Waals surface area contributed by atoms with Gasteiger partial charge < -0.3 is 14.6 Å². The Morgan fingerprint density at radius 2 is 1.66 bits per heavy atom. The molecule has 3 aromatic carbocycles. The maximum atomic E-state index is 13.0. The van der Waals surface area contributed by atoms with Crippen molar-refractivity contribution in [1.29, 1.82) is 0 Å². The highest BCUT2D eigenvalue weighted by molar-refractivity contribution is 6.18. The second-order valence-corrected chi connectivity index (χ2v) is 8.44.